The van der Waals surface area contributed by atoms with E-state index in [1.807, 2.05) is 0 Å². The van der Waals surface area contributed by atoms with Crippen molar-refractivity contribution in [3.8, 4) is 0 Å². The van der Waals surface area contributed by atoms with E-state index in [0.717, 1.165) is 6.54 Å². The van der Waals surface area contributed by atoms with Crippen molar-refractivity contribution < 1.29 is 4.79 Å². The average Bonchev–Trinajstić information content (AvgIpc) is 2.98. The van der Waals surface area contributed by atoms with Crippen LogP contribution in [0.3, 0.4) is 0 Å². The second-order valence-electron chi connectivity index (χ2n) is 3.50. The number of carbonyl (C=O) groups is 1. The van der Waals surface area contributed by atoms with Crippen LogP contribution in [-0.2, 0) is 0 Å². The Labute approximate surface area is 91.0 Å². The van der Waals surface area contributed by atoms with Gasteiger partial charge in [0.1, 0.15) is 4.60 Å². The summed E-state index contributed by atoms with van der Waals surface area (Å²) in [5, 5.41) is 2.89. The minimum Gasteiger partial charge on any atom is -0.352 e. The molecule has 1 aromatic rings. The Balaban J connectivity index is 1.98. The molecule has 0 aromatic carbocycles. The molecule has 1 aliphatic rings. The van der Waals surface area contributed by atoms with Gasteiger partial charge < -0.3 is 5.32 Å². The van der Waals surface area contributed by atoms with E-state index < -0.39 is 0 Å². The van der Waals surface area contributed by atoms with Gasteiger partial charge in [-0.1, -0.05) is 0 Å². The molecule has 0 aliphatic heterocycles. The number of pyridine rings is 1. The van der Waals surface area contributed by atoms with Crippen molar-refractivity contribution in [3.05, 3.63) is 28.5 Å². The molecule has 1 fully saturated rings. The molecule has 1 saturated carbocycles. The first kappa shape index (κ1) is 9.65. The highest BCUT2D eigenvalue weighted by molar-refractivity contribution is 9.10. The summed E-state index contributed by atoms with van der Waals surface area (Å²) in [6, 6.07) is 3.52. The first-order valence-electron chi connectivity index (χ1n) is 4.66. The molecule has 0 spiro atoms. The summed E-state index contributed by atoms with van der Waals surface area (Å²) in [6.45, 7) is 0.792. The van der Waals surface area contributed by atoms with Crippen molar-refractivity contribution in [1.29, 1.82) is 0 Å². The summed E-state index contributed by atoms with van der Waals surface area (Å²) in [4.78, 5) is 15.6. The summed E-state index contributed by atoms with van der Waals surface area (Å²) in [5.41, 5.74) is 0.605. The van der Waals surface area contributed by atoms with Crippen molar-refractivity contribution >= 4 is 21.8 Å². The van der Waals surface area contributed by atoms with E-state index >= 15 is 0 Å². The predicted octanol–water partition coefficient (Wildman–Crippen LogP) is 1.98. The van der Waals surface area contributed by atoms with Crippen LogP contribution in [-0.4, -0.2) is 17.4 Å². The van der Waals surface area contributed by atoms with E-state index in [2.05, 4.69) is 26.2 Å². The molecule has 4 heteroatoms. The third kappa shape index (κ3) is 2.32. The summed E-state index contributed by atoms with van der Waals surface area (Å²) in [5.74, 6) is 0.659. The molecule has 14 heavy (non-hydrogen) atoms. The maximum Gasteiger partial charge on any atom is 0.254 e. The van der Waals surface area contributed by atoms with Crippen molar-refractivity contribution in [1.82, 2.24) is 10.3 Å². The lowest BCUT2D eigenvalue weighted by atomic mass is 10.2. The molecule has 0 radical (unpaired) electrons. The molecule has 1 aromatic heterocycles. The van der Waals surface area contributed by atoms with Gasteiger partial charge >= 0.3 is 0 Å². The number of rotatable bonds is 3. The van der Waals surface area contributed by atoms with Crippen molar-refractivity contribution in [3.63, 3.8) is 0 Å². The third-order valence-corrected chi connectivity index (χ3v) is 2.88. The van der Waals surface area contributed by atoms with Gasteiger partial charge in [-0.2, -0.15) is 0 Å². The lowest BCUT2D eigenvalue weighted by molar-refractivity contribution is 0.0950. The van der Waals surface area contributed by atoms with Gasteiger partial charge in [0.15, 0.2) is 0 Å². The molecule has 1 N–H and O–H groups in total. The molecule has 3 nitrogen and oxygen atoms in total. The predicted molar refractivity (Wildman–Crippen MR) is 57.0 cm³/mol. The van der Waals surface area contributed by atoms with Crippen LogP contribution >= 0.6 is 15.9 Å². The van der Waals surface area contributed by atoms with Crippen LogP contribution in [0.25, 0.3) is 0 Å². The van der Waals surface area contributed by atoms with Gasteiger partial charge in [-0.05, 0) is 46.8 Å². The first-order valence-corrected chi connectivity index (χ1v) is 5.45. The topological polar surface area (TPSA) is 42.0 Å². The first-order chi connectivity index (χ1) is 6.77. The number of hydrogen-bond donors (Lipinski definition) is 1. The maximum absolute atomic E-state index is 11.6. The van der Waals surface area contributed by atoms with Gasteiger partial charge in [-0.3, -0.25) is 4.79 Å². The minimum atomic E-state index is -0.0446. The molecule has 0 saturated heterocycles. The van der Waals surface area contributed by atoms with Crippen LogP contribution in [0.1, 0.15) is 23.2 Å². The standard InChI is InChI=1S/C10H11BrN2O/c11-9-8(2-1-5-12-9)10(14)13-6-7-3-4-7/h1-2,5,7H,3-4,6H2,(H,13,14). The zero-order chi connectivity index (χ0) is 9.97. The molecule has 0 bridgehead atoms. The second-order valence-corrected chi connectivity index (χ2v) is 4.25. The Bertz CT molecular complexity index is 350. The van der Waals surface area contributed by atoms with Crippen LogP contribution in [0.5, 0.6) is 0 Å². The second kappa shape index (κ2) is 4.09. The Morgan fingerprint density at radius 1 is 1.64 bits per heavy atom. The summed E-state index contributed by atoms with van der Waals surface area (Å²) >= 11 is 3.25. The van der Waals surface area contributed by atoms with Crippen LogP contribution < -0.4 is 5.32 Å². The largest absolute Gasteiger partial charge is 0.352 e. The lowest BCUT2D eigenvalue weighted by Crippen LogP contribution is -2.25. The normalized spacial score (nSPS) is 15.2. The summed E-state index contributed by atoms with van der Waals surface area (Å²) in [6.07, 6.45) is 4.14. The van der Waals surface area contributed by atoms with Gasteiger partial charge in [0.25, 0.3) is 5.91 Å². The number of aromatic nitrogens is 1. The number of nitrogens with zero attached hydrogens (tertiary/aromatic N) is 1. The summed E-state index contributed by atoms with van der Waals surface area (Å²) in [7, 11) is 0. The molecular weight excluding hydrogens is 244 g/mol. The van der Waals surface area contributed by atoms with Gasteiger partial charge in [0.05, 0.1) is 5.56 Å². The van der Waals surface area contributed by atoms with Crippen LogP contribution in [0.15, 0.2) is 22.9 Å². The summed E-state index contributed by atoms with van der Waals surface area (Å²) < 4.78 is 0.605. The number of amides is 1. The highest BCUT2D eigenvalue weighted by Crippen LogP contribution is 2.27. The number of carbonyl (C=O) groups excluding carboxylic acids is 1. The Morgan fingerprint density at radius 2 is 2.43 bits per heavy atom. The number of halogens is 1. The molecule has 1 heterocycles. The molecule has 1 aliphatic carbocycles. The highest BCUT2D eigenvalue weighted by Gasteiger charge is 2.22. The van der Waals surface area contributed by atoms with E-state index in [4.69, 9.17) is 0 Å². The van der Waals surface area contributed by atoms with E-state index in [9.17, 15) is 4.79 Å². The van der Waals surface area contributed by atoms with Crippen LogP contribution in [0, 0.1) is 5.92 Å². The third-order valence-electron chi connectivity index (χ3n) is 2.25. The maximum atomic E-state index is 11.6. The number of hydrogen-bond acceptors (Lipinski definition) is 2. The zero-order valence-electron chi connectivity index (χ0n) is 7.66. The van der Waals surface area contributed by atoms with Gasteiger partial charge in [-0.25, -0.2) is 4.98 Å². The zero-order valence-corrected chi connectivity index (χ0v) is 9.25. The Morgan fingerprint density at radius 3 is 3.07 bits per heavy atom. The minimum absolute atomic E-state index is 0.0446. The van der Waals surface area contributed by atoms with Crippen molar-refractivity contribution in [2.24, 2.45) is 5.92 Å². The monoisotopic (exact) mass is 254 g/mol. The molecular formula is C10H11BrN2O. The Kier molecular flexibility index (Phi) is 2.82. The van der Waals surface area contributed by atoms with E-state index in [-0.39, 0.29) is 5.91 Å². The Hall–Kier alpha value is -0.900. The fourth-order valence-electron chi connectivity index (χ4n) is 1.21. The SMILES string of the molecule is O=C(NCC1CC1)c1cccnc1Br. The van der Waals surface area contributed by atoms with Gasteiger partial charge in [0.2, 0.25) is 0 Å². The van der Waals surface area contributed by atoms with Gasteiger partial charge in [0, 0.05) is 12.7 Å². The van der Waals surface area contributed by atoms with Crippen LogP contribution in [0.2, 0.25) is 0 Å². The molecule has 2 rings (SSSR count). The lowest BCUT2D eigenvalue weighted by Gasteiger charge is -2.04. The highest BCUT2D eigenvalue weighted by atomic mass is 79.9. The fourth-order valence-corrected chi connectivity index (χ4v) is 1.64. The van der Waals surface area contributed by atoms with E-state index in [1.165, 1.54) is 12.8 Å². The quantitative estimate of drug-likeness (QED) is 0.839. The number of nitrogens with one attached hydrogen (secondary N) is 1. The van der Waals surface area contributed by atoms with E-state index in [1.54, 1.807) is 18.3 Å². The van der Waals surface area contributed by atoms with E-state index in [0.29, 0.717) is 16.1 Å². The van der Waals surface area contributed by atoms with Crippen molar-refractivity contribution in [2.45, 2.75) is 12.8 Å². The molecule has 0 unspecified atom stereocenters. The van der Waals surface area contributed by atoms with Crippen LogP contribution in [0.4, 0.5) is 0 Å². The fraction of sp³-hybridized carbons (Fsp3) is 0.400. The smallest absolute Gasteiger partial charge is 0.254 e. The molecule has 74 valence electrons. The average molecular weight is 255 g/mol. The molecule has 0 atom stereocenters. The van der Waals surface area contributed by atoms with Gasteiger partial charge in [-0.15, -0.1) is 0 Å². The molecule has 1 amide bonds. The van der Waals surface area contributed by atoms with Crippen molar-refractivity contribution in [2.75, 3.05) is 6.54 Å².